The Morgan fingerprint density at radius 1 is 1.88 bits per heavy atom. The number of rotatable bonds is 3. The molecule has 0 aliphatic heterocycles. The van der Waals surface area contributed by atoms with Crippen molar-refractivity contribution < 1.29 is 19.3 Å². The summed E-state index contributed by atoms with van der Waals surface area (Å²) in [5.74, 6) is -2.18. The molecule has 0 amide bonds. The fourth-order valence-electron chi connectivity index (χ4n) is 0.0934. The van der Waals surface area contributed by atoms with E-state index in [-0.39, 0.29) is 0 Å². The molecule has 1 atom stereocenters. The molecule has 4 N–H and O–H groups in total. The maximum atomic E-state index is 9.50. The van der Waals surface area contributed by atoms with Gasteiger partial charge in [0.05, 0.1) is 0 Å². The normalized spacial score (nSPS) is 18.4. The molecule has 0 aliphatic carbocycles. The lowest BCUT2D eigenvalue weighted by molar-refractivity contribution is -0.154. The highest BCUT2D eigenvalue weighted by atomic mass is 31.1. The summed E-state index contributed by atoms with van der Waals surface area (Å²) in [5.41, 5.74) is 4.70. The zero-order chi connectivity index (χ0) is 6.62. The second-order valence-electron chi connectivity index (χ2n) is 1.17. The summed E-state index contributed by atoms with van der Waals surface area (Å²) in [6.07, 6.45) is 0. The molecule has 0 spiro atoms. The molecule has 48 valence electrons. The summed E-state index contributed by atoms with van der Waals surface area (Å²) in [5, 5.41) is 16.5. The van der Waals surface area contributed by atoms with E-state index in [4.69, 9.17) is 15.9 Å². The summed E-state index contributed by atoms with van der Waals surface area (Å²) < 4.78 is 13.4. The highest BCUT2D eigenvalue weighted by molar-refractivity contribution is 7.17. The molecule has 0 aromatic carbocycles. The Kier molecular flexibility index (Phi) is 3.04. The van der Waals surface area contributed by atoms with Crippen LogP contribution in [0.15, 0.2) is 0 Å². The second-order valence-corrected chi connectivity index (χ2v) is 1.50. The van der Waals surface area contributed by atoms with Gasteiger partial charge in [-0.05, 0) is 0 Å². The maximum Gasteiger partial charge on any atom is 0.331 e. The van der Waals surface area contributed by atoms with Gasteiger partial charge < -0.3 is 10.2 Å². The summed E-state index contributed by atoms with van der Waals surface area (Å²) >= 11 is 0. The van der Waals surface area contributed by atoms with Gasteiger partial charge in [0.15, 0.2) is 0 Å². The lowest BCUT2D eigenvalue weighted by Crippen LogP contribution is -2.43. The molecule has 0 radical (unpaired) electrons. The fourth-order valence-corrected chi connectivity index (χ4v) is 0.280. The van der Waals surface area contributed by atoms with E-state index in [1.165, 1.54) is 0 Å². The molecular formula is C2H6NO4P. The highest BCUT2D eigenvalue weighted by Crippen LogP contribution is 2.05. The van der Waals surface area contributed by atoms with Gasteiger partial charge in [0, 0.05) is 0 Å². The van der Waals surface area contributed by atoms with Crippen LogP contribution in [0.4, 0.5) is 0 Å². The third-order valence-electron chi connectivity index (χ3n) is 0.422. The molecule has 0 aliphatic rings. The molecule has 1 unspecified atom stereocenters. The molecule has 0 heterocycles. The van der Waals surface area contributed by atoms with Gasteiger partial charge in [0.1, 0.15) is 6.61 Å². The molecular weight excluding hydrogens is 133 g/mol. The van der Waals surface area contributed by atoms with Gasteiger partial charge in [0.25, 0.3) is 5.91 Å². The summed E-state index contributed by atoms with van der Waals surface area (Å²) in [4.78, 5) is 0. The number of hydrogen-bond acceptors (Lipinski definition) is 5. The molecule has 0 bridgehead atoms. The van der Waals surface area contributed by atoms with Crippen LogP contribution >= 0.6 is 8.69 Å². The minimum atomic E-state index is -2.18. The number of aliphatic hydroxyl groups is 2. The monoisotopic (exact) mass is 139 g/mol. The van der Waals surface area contributed by atoms with Crippen molar-refractivity contribution in [1.29, 1.82) is 0 Å². The molecule has 6 heteroatoms. The van der Waals surface area contributed by atoms with Gasteiger partial charge in [-0.15, -0.1) is 0 Å². The lowest BCUT2D eigenvalue weighted by Gasteiger charge is -2.13. The predicted octanol–water partition coefficient (Wildman–Crippen LogP) is -1.19. The standard InChI is InChI=1S/C2H6NO4P/c3-2(5,1-4)7-8-6/h4-5H,1,3H2. The van der Waals surface area contributed by atoms with Crippen LogP contribution < -0.4 is 5.73 Å². The van der Waals surface area contributed by atoms with Crippen molar-refractivity contribution in [2.45, 2.75) is 5.91 Å². The Morgan fingerprint density at radius 2 is 2.38 bits per heavy atom. The topological polar surface area (TPSA) is 92.8 Å². The van der Waals surface area contributed by atoms with Gasteiger partial charge in [-0.2, -0.15) is 0 Å². The van der Waals surface area contributed by atoms with Crippen LogP contribution in [0.25, 0.3) is 0 Å². The summed E-state index contributed by atoms with van der Waals surface area (Å²) in [7, 11) is -0.760. The molecule has 0 aromatic heterocycles. The number of hydrogen-bond donors (Lipinski definition) is 3. The van der Waals surface area contributed by atoms with E-state index >= 15 is 0 Å². The number of nitrogens with two attached hydrogens (primary N) is 1. The van der Waals surface area contributed by atoms with Gasteiger partial charge in [-0.25, -0.2) is 9.09 Å². The van der Waals surface area contributed by atoms with Crippen LogP contribution in [0.2, 0.25) is 0 Å². The maximum absolute atomic E-state index is 9.50. The van der Waals surface area contributed by atoms with E-state index in [0.717, 1.165) is 0 Å². The van der Waals surface area contributed by atoms with Gasteiger partial charge in [-0.3, -0.25) is 5.73 Å². The Balaban J connectivity index is 3.53. The van der Waals surface area contributed by atoms with Crippen molar-refractivity contribution in [1.82, 2.24) is 0 Å². The molecule has 5 nitrogen and oxygen atoms in total. The van der Waals surface area contributed by atoms with Crippen LogP contribution in [0.1, 0.15) is 0 Å². The molecule has 0 saturated carbocycles. The smallest absolute Gasteiger partial charge is 0.331 e. The number of aliphatic hydroxyl groups excluding tert-OH is 1. The second kappa shape index (κ2) is 3.06. The molecule has 0 rings (SSSR count). The Morgan fingerprint density at radius 3 is 2.50 bits per heavy atom. The van der Waals surface area contributed by atoms with E-state index in [9.17, 15) is 4.57 Å². The summed E-state index contributed by atoms with van der Waals surface area (Å²) in [6, 6.07) is 0. The molecule has 0 aromatic rings. The average molecular weight is 139 g/mol. The first-order valence-electron chi connectivity index (χ1n) is 1.75. The zero-order valence-electron chi connectivity index (χ0n) is 3.94. The molecule has 0 fully saturated rings. The van der Waals surface area contributed by atoms with Crippen LogP contribution in [-0.2, 0) is 9.09 Å². The van der Waals surface area contributed by atoms with Gasteiger partial charge in [0.2, 0.25) is 0 Å². The molecule has 8 heavy (non-hydrogen) atoms. The van der Waals surface area contributed by atoms with E-state index in [2.05, 4.69) is 4.52 Å². The average Bonchev–Trinajstić information content (AvgIpc) is 1.67. The minimum absolute atomic E-state index is 0.760. The van der Waals surface area contributed by atoms with E-state index in [1.54, 1.807) is 0 Å². The highest BCUT2D eigenvalue weighted by Gasteiger charge is 2.20. The van der Waals surface area contributed by atoms with Crippen molar-refractivity contribution in [3.05, 3.63) is 0 Å². The van der Waals surface area contributed by atoms with Crippen LogP contribution in [-0.4, -0.2) is 22.7 Å². The molecule has 0 saturated heterocycles. The lowest BCUT2D eigenvalue weighted by atomic mass is 10.6. The predicted molar refractivity (Wildman–Crippen MR) is 24.9 cm³/mol. The van der Waals surface area contributed by atoms with Crippen LogP contribution in [0, 0.1) is 0 Å². The Bertz CT molecular complexity index is 84.1. The zero-order valence-corrected chi connectivity index (χ0v) is 4.84. The largest absolute Gasteiger partial charge is 0.389 e. The SMILES string of the molecule is NC(O)(CO)OP=O. The van der Waals surface area contributed by atoms with E-state index in [0.29, 0.717) is 0 Å². The fraction of sp³-hybridized carbons (Fsp3) is 1.00. The first-order chi connectivity index (χ1) is 3.62. The third-order valence-corrected chi connectivity index (χ3v) is 0.813. The van der Waals surface area contributed by atoms with Crippen molar-refractivity contribution in [2.24, 2.45) is 5.73 Å². The summed E-state index contributed by atoms with van der Waals surface area (Å²) in [6.45, 7) is -0.789. The van der Waals surface area contributed by atoms with Crippen LogP contribution in [0.3, 0.4) is 0 Å². The quantitative estimate of drug-likeness (QED) is 0.337. The minimum Gasteiger partial charge on any atom is -0.389 e. The van der Waals surface area contributed by atoms with Crippen molar-refractivity contribution in [3.8, 4) is 0 Å². The first kappa shape index (κ1) is 7.94. The van der Waals surface area contributed by atoms with E-state index in [1.807, 2.05) is 0 Å². The van der Waals surface area contributed by atoms with Crippen molar-refractivity contribution in [2.75, 3.05) is 6.61 Å². The van der Waals surface area contributed by atoms with Gasteiger partial charge in [-0.1, -0.05) is 0 Å². The Hall–Kier alpha value is -0.0600. The third kappa shape index (κ3) is 3.01. The Labute approximate surface area is 47.4 Å². The van der Waals surface area contributed by atoms with Crippen molar-refractivity contribution >= 4 is 8.69 Å². The van der Waals surface area contributed by atoms with Gasteiger partial charge >= 0.3 is 8.69 Å². The van der Waals surface area contributed by atoms with Crippen molar-refractivity contribution in [3.63, 3.8) is 0 Å². The van der Waals surface area contributed by atoms with Crippen LogP contribution in [0.5, 0.6) is 0 Å². The first-order valence-corrected chi connectivity index (χ1v) is 2.48. The van der Waals surface area contributed by atoms with E-state index < -0.39 is 21.2 Å².